The molecule has 0 fully saturated rings. The van der Waals surface area contributed by atoms with E-state index in [1.165, 1.54) is 0 Å². The highest BCUT2D eigenvalue weighted by Gasteiger charge is 2.12. The molecule has 0 saturated heterocycles. The summed E-state index contributed by atoms with van der Waals surface area (Å²) < 4.78 is 0. The van der Waals surface area contributed by atoms with Crippen LogP contribution < -0.4 is 0 Å². The Morgan fingerprint density at radius 2 is 1.95 bits per heavy atom. The summed E-state index contributed by atoms with van der Waals surface area (Å²) in [5.74, 6) is 0. The smallest absolute Gasteiger partial charge is 0.0862 e. The Morgan fingerprint density at radius 3 is 2.80 bits per heavy atom. The molecule has 0 aliphatic heterocycles. The number of aliphatic hydroxyl groups excluding tert-OH is 1. The Kier molecular flexibility index (Phi) is 3.44. The lowest BCUT2D eigenvalue weighted by Gasteiger charge is -2.13. The second-order valence-electron chi connectivity index (χ2n) is 4.95. The summed E-state index contributed by atoms with van der Waals surface area (Å²) >= 11 is 0. The Bertz CT molecular complexity index is 740. The molecule has 0 bridgehead atoms. The molecule has 1 aromatic carbocycles. The zero-order valence-corrected chi connectivity index (χ0v) is 11.3. The van der Waals surface area contributed by atoms with Gasteiger partial charge in [0, 0.05) is 35.5 Å². The van der Waals surface area contributed by atoms with Crippen molar-refractivity contribution in [1.82, 2.24) is 9.97 Å². The van der Waals surface area contributed by atoms with Crippen molar-refractivity contribution in [3.05, 3.63) is 71.7 Å². The van der Waals surface area contributed by atoms with Gasteiger partial charge in [-0.15, -0.1) is 0 Å². The lowest BCUT2D eigenvalue weighted by Crippen LogP contribution is -2.05. The van der Waals surface area contributed by atoms with Crippen molar-refractivity contribution < 1.29 is 5.11 Å². The van der Waals surface area contributed by atoms with Crippen LogP contribution in [0.2, 0.25) is 0 Å². The maximum absolute atomic E-state index is 10.3. The lowest BCUT2D eigenvalue weighted by atomic mass is 10.0. The molecule has 1 unspecified atom stereocenters. The molecule has 1 atom stereocenters. The minimum absolute atomic E-state index is 0.497. The molecule has 1 N–H and O–H groups in total. The van der Waals surface area contributed by atoms with Crippen LogP contribution >= 0.6 is 0 Å². The SMILES string of the molecule is Cc1ccncc1C(O)Cc1ccc2ccccc2n1. The second kappa shape index (κ2) is 5.39. The van der Waals surface area contributed by atoms with E-state index in [-0.39, 0.29) is 0 Å². The van der Waals surface area contributed by atoms with Gasteiger partial charge in [0.05, 0.1) is 11.6 Å². The number of fused-ring (bicyclic) bond motifs is 1. The van der Waals surface area contributed by atoms with Gasteiger partial charge in [0.15, 0.2) is 0 Å². The first kappa shape index (κ1) is 12.8. The van der Waals surface area contributed by atoms with Crippen molar-refractivity contribution in [2.24, 2.45) is 0 Å². The average Bonchev–Trinajstić information content (AvgIpc) is 2.47. The average molecular weight is 264 g/mol. The molecule has 0 radical (unpaired) electrons. The summed E-state index contributed by atoms with van der Waals surface area (Å²) in [6, 6.07) is 13.9. The minimum atomic E-state index is -0.572. The van der Waals surface area contributed by atoms with Gasteiger partial charge in [0.25, 0.3) is 0 Å². The van der Waals surface area contributed by atoms with Crippen molar-refractivity contribution in [3.8, 4) is 0 Å². The molecule has 3 heteroatoms. The van der Waals surface area contributed by atoms with Crippen LogP contribution in [0.15, 0.2) is 54.9 Å². The number of benzene rings is 1. The number of aryl methyl sites for hydroxylation is 1. The number of hydrogen-bond acceptors (Lipinski definition) is 3. The summed E-state index contributed by atoms with van der Waals surface area (Å²) in [6.07, 6.45) is 3.38. The van der Waals surface area contributed by atoms with Crippen molar-refractivity contribution in [2.75, 3.05) is 0 Å². The quantitative estimate of drug-likeness (QED) is 0.790. The maximum atomic E-state index is 10.3. The number of aromatic nitrogens is 2. The van der Waals surface area contributed by atoms with E-state index >= 15 is 0 Å². The molecule has 0 spiro atoms. The molecule has 2 aromatic heterocycles. The molecule has 3 rings (SSSR count). The van der Waals surface area contributed by atoms with Crippen LogP contribution in [0.1, 0.15) is 22.9 Å². The zero-order valence-electron chi connectivity index (χ0n) is 11.3. The molecule has 20 heavy (non-hydrogen) atoms. The summed E-state index contributed by atoms with van der Waals surface area (Å²) in [5.41, 5.74) is 3.76. The third-order valence-corrected chi connectivity index (χ3v) is 3.50. The van der Waals surface area contributed by atoms with Crippen LogP contribution in [0.4, 0.5) is 0 Å². The monoisotopic (exact) mass is 264 g/mol. The number of aliphatic hydroxyl groups is 1. The maximum Gasteiger partial charge on any atom is 0.0862 e. The fourth-order valence-corrected chi connectivity index (χ4v) is 2.36. The lowest BCUT2D eigenvalue weighted by molar-refractivity contribution is 0.176. The fraction of sp³-hybridized carbons (Fsp3) is 0.176. The molecule has 0 saturated carbocycles. The van der Waals surface area contributed by atoms with Crippen LogP contribution in [0, 0.1) is 6.92 Å². The molecule has 0 aliphatic rings. The molecule has 100 valence electrons. The van der Waals surface area contributed by atoms with E-state index in [1.807, 2.05) is 49.4 Å². The number of para-hydroxylation sites is 1. The van der Waals surface area contributed by atoms with E-state index in [2.05, 4.69) is 9.97 Å². The Morgan fingerprint density at radius 1 is 1.10 bits per heavy atom. The zero-order chi connectivity index (χ0) is 13.9. The van der Waals surface area contributed by atoms with Crippen LogP contribution in [0.3, 0.4) is 0 Å². The molecular formula is C17H16N2O. The third kappa shape index (κ3) is 2.53. The van der Waals surface area contributed by atoms with Crippen molar-refractivity contribution >= 4 is 10.9 Å². The highest BCUT2D eigenvalue weighted by Crippen LogP contribution is 2.21. The highest BCUT2D eigenvalue weighted by molar-refractivity contribution is 5.78. The van der Waals surface area contributed by atoms with Gasteiger partial charge in [-0.25, -0.2) is 0 Å². The number of rotatable bonds is 3. The Labute approximate surface area is 117 Å². The van der Waals surface area contributed by atoms with Gasteiger partial charge in [-0.3, -0.25) is 9.97 Å². The predicted molar refractivity (Wildman–Crippen MR) is 79.4 cm³/mol. The second-order valence-corrected chi connectivity index (χ2v) is 4.95. The van der Waals surface area contributed by atoms with Crippen LogP contribution in [-0.2, 0) is 6.42 Å². The van der Waals surface area contributed by atoms with Gasteiger partial charge in [0.1, 0.15) is 0 Å². The highest BCUT2D eigenvalue weighted by atomic mass is 16.3. The number of pyridine rings is 2. The standard InChI is InChI=1S/C17H16N2O/c1-12-8-9-18-11-15(12)17(20)10-14-7-6-13-4-2-3-5-16(13)19-14/h2-9,11,17,20H,10H2,1H3. The van der Waals surface area contributed by atoms with Gasteiger partial charge in [0.2, 0.25) is 0 Å². The normalized spacial score (nSPS) is 12.5. The van der Waals surface area contributed by atoms with Crippen LogP contribution in [0.5, 0.6) is 0 Å². The molecular weight excluding hydrogens is 248 g/mol. The van der Waals surface area contributed by atoms with E-state index in [4.69, 9.17) is 0 Å². The summed E-state index contributed by atoms with van der Waals surface area (Å²) in [7, 11) is 0. The van der Waals surface area contributed by atoms with E-state index in [1.54, 1.807) is 12.4 Å². The van der Waals surface area contributed by atoms with Crippen molar-refractivity contribution in [3.63, 3.8) is 0 Å². The van der Waals surface area contributed by atoms with E-state index in [0.29, 0.717) is 6.42 Å². The van der Waals surface area contributed by atoms with Crippen molar-refractivity contribution in [1.29, 1.82) is 0 Å². The molecule has 3 nitrogen and oxygen atoms in total. The van der Waals surface area contributed by atoms with E-state index in [9.17, 15) is 5.11 Å². The van der Waals surface area contributed by atoms with Crippen molar-refractivity contribution in [2.45, 2.75) is 19.4 Å². The number of hydrogen-bond donors (Lipinski definition) is 1. The van der Waals surface area contributed by atoms with E-state index < -0.39 is 6.10 Å². The summed E-state index contributed by atoms with van der Waals surface area (Å²) in [4.78, 5) is 8.67. The van der Waals surface area contributed by atoms with Gasteiger partial charge < -0.3 is 5.11 Å². The molecule has 0 amide bonds. The summed E-state index contributed by atoms with van der Waals surface area (Å²) in [6.45, 7) is 1.98. The molecule has 0 aliphatic carbocycles. The molecule has 3 aromatic rings. The van der Waals surface area contributed by atoms with Gasteiger partial charge >= 0.3 is 0 Å². The van der Waals surface area contributed by atoms with Gasteiger partial charge in [-0.2, -0.15) is 0 Å². The topological polar surface area (TPSA) is 46.0 Å². The first-order valence-electron chi connectivity index (χ1n) is 6.67. The number of nitrogens with zero attached hydrogens (tertiary/aromatic N) is 2. The summed E-state index contributed by atoms with van der Waals surface area (Å²) in [5, 5.41) is 11.5. The van der Waals surface area contributed by atoms with Crippen LogP contribution in [0.25, 0.3) is 10.9 Å². The third-order valence-electron chi connectivity index (χ3n) is 3.50. The first-order valence-corrected chi connectivity index (χ1v) is 6.67. The van der Waals surface area contributed by atoms with E-state index in [0.717, 1.165) is 27.7 Å². The molecule has 2 heterocycles. The van der Waals surface area contributed by atoms with Gasteiger partial charge in [-0.1, -0.05) is 24.3 Å². The van der Waals surface area contributed by atoms with Crippen LogP contribution in [-0.4, -0.2) is 15.1 Å². The largest absolute Gasteiger partial charge is 0.388 e. The minimum Gasteiger partial charge on any atom is -0.388 e. The van der Waals surface area contributed by atoms with Gasteiger partial charge in [-0.05, 0) is 30.7 Å². The fourth-order valence-electron chi connectivity index (χ4n) is 2.36. The Balaban J connectivity index is 1.87. The predicted octanol–water partition coefficient (Wildman–Crippen LogP) is 3.21. The Hall–Kier alpha value is -2.26. The first-order chi connectivity index (χ1) is 9.74.